The van der Waals surface area contributed by atoms with Gasteiger partial charge in [-0.05, 0) is 27.4 Å². The molecular weight excluding hydrogens is 342 g/mol. The van der Waals surface area contributed by atoms with Crippen molar-refractivity contribution < 1.29 is 19.2 Å². The maximum absolute atomic E-state index is 11.9. The van der Waals surface area contributed by atoms with Crippen molar-refractivity contribution in [2.24, 2.45) is 5.41 Å². The molecule has 1 aromatic carbocycles. The van der Waals surface area contributed by atoms with Crippen molar-refractivity contribution in [2.45, 2.75) is 20.8 Å². The zero-order valence-corrected chi connectivity index (χ0v) is 13.4. The van der Waals surface area contributed by atoms with Crippen molar-refractivity contribution in [1.82, 2.24) is 0 Å². The van der Waals surface area contributed by atoms with Crippen LogP contribution in [0.5, 0.6) is 0 Å². The summed E-state index contributed by atoms with van der Waals surface area (Å²) in [6.07, 6.45) is 0. The summed E-state index contributed by atoms with van der Waals surface area (Å²) in [6, 6.07) is 3.54. The van der Waals surface area contributed by atoms with Crippen LogP contribution in [0.2, 0.25) is 0 Å². The Hall–Kier alpha value is -2.02. The minimum absolute atomic E-state index is 0.0238. The molecule has 7 heteroatoms. The van der Waals surface area contributed by atoms with Gasteiger partial charge in [-0.3, -0.25) is 10.1 Å². The van der Waals surface area contributed by atoms with Gasteiger partial charge in [0.25, 0.3) is 5.69 Å². The molecule has 0 saturated heterocycles. The molecule has 0 aliphatic rings. The molecule has 1 rings (SSSR count). The van der Waals surface area contributed by atoms with E-state index in [4.69, 9.17) is 4.74 Å². The third-order valence-corrected chi connectivity index (χ3v) is 3.38. The van der Waals surface area contributed by atoms with Gasteiger partial charge in [-0.1, -0.05) is 27.4 Å². The van der Waals surface area contributed by atoms with E-state index in [1.165, 1.54) is 12.1 Å². The Bertz CT molecular complexity index is 631. The Morgan fingerprint density at radius 2 is 1.90 bits per heavy atom. The van der Waals surface area contributed by atoms with Crippen LogP contribution in [0.3, 0.4) is 0 Å². The van der Waals surface area contributed by atoms with E-state index in [1.807, 2.05) is 0 Å². The van der Waals surface area contributed by atoms with Gasteiger partial charge in [-0.25, -0.2) is 9.59 Å². The first-order valence-electron chi connectivity index (χ1n) is 5.94. The largest absolute Gasteiger partial charge is 0.386 e. The first kappa shape index (κ1) is 17.0. The fraction of sp³-hybridized carbons (Fsp3) is 0.286. The van der Waals surface area contributed by atoms with Gasteiger partial charge in [0.2, 0.25) is 0 Å². The van der Waals surface area contributed by atoms with Crippen LogP contribution >= 0.6 is 15.9 Å². The highest BCUT2D eigenvalue weighted by Gasteiger charge is 2.26. The number of rotatable bonds is 3. The Morgan fingerprint density at radius 3 is 2.33 bits per heavy atom. The number of nitrogens with zero attached hydrogens (tertiary/aromatic N) is 1. The van der Waals surface area contributed by atoms with Crippen molar-refractivity contribution in [2.75, 3.05) is 0 Å². The van der Waals surface area contributed by atoms with Gasteiger partial charge in [0.1, 0.15) is 0 Å². The van der Waals surface area contributed by atoms with Gasteiger partial charge in [-0.15, -0.1) is 0 Å². The number of carbonyl (C=O) groups excluding carboxylic acids is 2. The van der Waals surface area contributed by atoms with Crippen molar-refractivity contribution in [3.8, 4) is 0 Å². The molecule has 0 aliphatic heterocycles. The molecular formula is C14H14BrNO5. The van der Waals surface area contributed by atoms with Crippen molar-refractivity contribution in [1.29, 1.82) is 0 Å². The lowest BCUT2D eigenvalue weighted by molar-refractivity contribution is -0.384. The highest BCUT2D eigenvalue weighted by atomic mass is 79.9. The number of hydrogen-bond donors (Lipinski definition) is 0. The molecule has 112 valence electrons. The van der Waals surface area contributed by atoms with Crippen LogP contribution in [0.1, 0.15) is 31.1 Å². The molecule has 0 radical (unpaired) electrons. The first-order chi connectivity index (χ1) is 9.54. The predicted octanol–water partition coefficient (Wildman–Crippen LogP) is 3.64. The van der Waals surface area contributed by atoms with E-state index in [9.17, 15) is 19.7 Å². The van der Waals surface area contributed by atoms with Crippen LogP contribution in [-0.4, -0.2) is 16.9 Å². The molecule has 6 nitrogen and oxygen atoms in total. The second-order valence-corrected chi connectivity index (χ2v) is 6.18. The summed E-state index contributed by atoms with van der Waals surface area (Å²) >= 11 is 3.04. The zero-order chi connectivity index (χ0) is 16.4. The second-order valence-electron chi connectivity index (χ2n) is 5.33. The van der Waals surface area contributed by atoms with E-state index in [0.29, 0.717) is 0 Å². The van der Waals surface area contributed by atoms with Gasteiger partial charge < -0.3 is 4.74 Å². The smallest absolute Gasteiger partial charge is 0.347 e. The Kier molecular flexibility index (Phi) is 5.01. The number of nitro groups is 1. The number of nitro benzene ring substituents is 1. The first-order valence-corrected chi connectivity index (χ1v) is 6.73. The summed E-state index contributed by atoms with van der Waals surface area (Å²) in [7, 11) is 0. The highest BCUT2D eigenvalue weighted by Crippen LogP contribution is 2.26. The van der Waals surface area contributed by atoms with Gasteiger partial charge in [0.05, 0.1) is 10.5 Å². The number of ether oxygens (including phenoxy) is 1. The van der Waals surface area contributed by atoms with Crippen molar-refractivity contribution >= 4 is 33.6 Å². The van der Waals surface area contributed by atoms with Crippen LogP contribution in [0.25, 0.3) is 0 Å². The molecule has 0 aromatic heterocycles. The number of hydrogen-bond acceptors (Lipinski definition) is 5. The van der Waals surface area contributed by atoms with Crippen molar-refractivity contribution in [3.63, 3.8) is 0 Å². The number of halogens is 1. The zero-order valence-electron chi connectivity index (χ0n) is 11.8. The van der Waals surface area contributed by atoms with Crippen LogP contribution in [-0.2, 0) is 9.53 Å². The summed E-state index contributed by atoms with van der Waals surface area (Å²) in [5.74, 6) is -1.72. The normalized spacial score (nSPS) is 10.9. The lowest BCUT2D eigenvalue weighted by Gasteiger charge is -2.19. The minimum atomic E-state index is -0.896. The van der Waals surface area contributed by atoms with E-state index < -0.39 is 22.3 Å². The highest BCUT2D eigenvalue weighted by molar-refractivity contribution is 9.10. The lowest BCUT2D eigenvalue weighted by Crippen LogP contribution is -2.22. The average molecular weight is 356 g/mol. The predicted molar refractivity (Wildman–Crippen MR) is 79.8 cm³/mol. The molecule has 0 bridgehead atoms. The average Bonchev–Trinajstić information content (AvgIpc) is 2.35. The van der Waals surface area contributed by atoms with Crippen LogP contribution < -0.4 is 0 Å². The molecule has 21 heavy (non-hydrogen) atoms. The Balaban J connectivity index is 2.93. The van der Waals surface area contributed by atoms with Crippen LogP contribution in [0.15, 0.2) is 34.8 Å². The lowest BCUT2D eigenvalue weighted by atomic mass is 9.88. The molecule has 0 heterocycles. The summed E-state index contributed by atoms with van der Waals surface area (Å²) in [6.45, 7) is 8.90. The van der Waals surface area contributed by atoms with E-state index in [1.54, 1.807) is 20.8 Å². The standard InChI is InChI=1S/C14H14BrNO5/c1-8(14(2,3)4)12(17)21-13(18)10-6-5-9(16(19)20)7-11(10)15/h5-7H,1H2,2-4H3. The van der Waals surface area contributed by atoms with Crippen molar-refractivity contribution in [3.05, 3.63) is 50.5 Å². The maximum Gasteiger partial charge on any atom is 0.347 e. The van der Waals surface area contributed by atoms with Gasteiger partial charge in [0.15, 0.2) is 0 Å². The monoisotopic (exact) mass is 355 g/mol. The molecule has 0 N–H and O–H groups in total. The maximum atomic E-state index is 11.9. The minimum Gasteiger partial charge on any atom is -0.386 e. The number of carbonyl (C=O) groups is 2. The van der Waals surface area contributed by atoms with Crippen LogP contribution in [0, 0.1) is 15.5 Å². The Labute approximate surface area is 130 Å². The summed E-state index contributed by atoms with van der Waals surface area (Å²) in [4.78, 5) is 33.7. The number of esters is 2. The Morgan fingerprint density at radius 1 is 1.33 bits per heavy atom. The van der Waals surface area contributed by atoms with E-state index in [-0.39, 0.29) is 21.3 Å². The van der Waals surface area contributed by atoms with E-state index in [2.05, 4.69) is 22.5 Å². The summed E-state index contributed by atoms with van der Waals surface area (Å²) in [5.41, 5.74) is -0.516. The topological polar surface area (TPSA) is 86.5 Å². The number of non-ortho nitro benzene ring substituents is 1. The van der Waals surface area contributed by atoms with E-state index in [0.717, 1.165) is 6.07 Å². The fourth-order valence-electron chi connectivity index (χ4n) is 1.29. The molecule has 0 unspecified atom stereocenters. The second kappa shape index (κ2) is 6.17. The molecule has 0 spiro atoms. The quantitative estimate of drug-likeness (QED) is 0.271. The van der Waals surface area contributed by atoms with Gasteiger partial charge in [-0.2, -0.15) is 0 Å². The number of benzene rings is 1. The van der Waals surface area contributed by atoms with Gasteiger partial charge in [0, 0.05) is 22.2 Å². The van der Waals surface area contributed by atoms with E-state index >= 15 is 0 Å². The fourth-order valence-corrected chi connectivity index (χ4v) is 1.82. The molecule has 0 atom stereocenters. The molecule has 0 amide bonds. The van der Waals surface area contributed by atoms with Gasteiger partial charge >= 0.3 is 11.9 Å². The molecule has 0 fully saturated rings. The SMILES string of the molecule is C=C(C(=O)OC(=O)c1ccc([N+](=O)[O-])cc1Br)C(C)(C)C. The third kappa shape index (κ3) is 4.22. The molecule has 1 aromatic rings. The molecule has 0 aliphatic carbocycles. The summed E-state index contributed by atoms with van der Waals surface area (Å²) < 4.78 is 4.91. The third-order valence-electron chi connectivity index (χ3n) is 2.72. The van der Waals surface area contributed by atoms with Crippen LogP contribution in [0.4, 0.5) is 5.69 Å². The molecule has 0 saturated carbocycles. The summed E-state index contributed by atoms with van der Waals surface area (Å²) in [5, 5.41) is 10.6.